The minimum Gasteiger partial charge on any atom is -0.334 e. The Morgan fingerprint density at radius 3 is 2.93 bits per heavy atom. The normalized spacial score (nSPS) is 20.2. The van der Waals surface area contributed by atoms with Crippen LogP contribution in [0.1, 0.15) is 54.6 Å². The van der Waals surface area contributed by atoms with Gasteiger partial charge in [0.1, 0.15) is 5.88 Å². The van der Waals surface area contributed by atoms with Gasteiger partial charge >= 0.3 is 0 Å². The van der Waals surface area contributed by atoms with Crippen molar-refractivity contribution in [3.05, 3.63) is 52.3 Å². The summed E-state index contributed by atoms with van der Waals surface area (Å²) in [6, 6.07) is 6.94. The van der Waals surface area contributed by atoms with E-state index in [-0.39, 0.29) is 23.2 Å². The van der Waals surface area contributed by atoms with Crippen LogP contribution in [0.25, 0.3) is 0 Å². The first-order chi connectivity index (χ1) is 12.9. The van der Waals surface area contributed by atoms with Crippen LogP contribution in [0.3, 0.4) is 0 Å². The molecule has 0 spiro atoms. The van der Waals surface area contributed by atoms with Crippen LogP contribution in [0.2, 0.25) is 0 Å². The number of amides is 1. The Kier molecular flexibility index (Phi) is 4.79. The second-order valence-corrected chi connectivity index (χ2v) is 8.93. The SMILES string of the molecule is Cn1ncc2c1CC(N(Cc1ccc3c(c1)CCC3(C)C)C(=O)CCl)CC2. The molecular weight excluding hydrogens is 358 g/mol. The molecule has 0 N–H and O–H groups in total. The highest BCUT2D eigenvalue weighted by Crippen LogP contribution is 2.38. The molecule has 1 aromatic carbocycles. The molecule has 144 valence electrons. The minimum absolute atomic E-state index is 0.0214. The zero-order valence-electron chi connectivity index (χ0n) is 16.5. The number of carbonyl (C=O) groups is 1. The summed E-state index contributed by atoms with van der Waals surface area (Å²) in [5.74, 6) is 0.0558. The predicted molar refractivity (Wildman–Crippen MR) is 108 cm³/mol. The Hall–Kier alpha value is -1.81. The Morgan fingerprint density at radius 1 is 1.33 bits per heavy atom. The summed E-state index contributed by atoms with van der Waals surface area (Å²) >= 11 is 5.96. The molecule has 5 heteroatoms. The molecule has 27 heavy (non-hydrogen) atoms. The number of carbonyl (C=O) groups excluding carboxylic acids is 1. The molecule has 0 fully saturated rings. The highest BCUT2D eigenvalue weighted by Gasteiger charge is 2.31. The number of hydrogen-bond acceptors (Lipinski definition) is 2. The van der Waals surface area contributed by atoms with Crippen molar-refractivity contribution >= 4 is 17.5 Å². The number of hydrogen-bond donors (Lipinski definition) is 0. The topological polar surface area (TPSA) is 38.1 Å². The van der Waals surface area contributed by atoms with Crippen molar-refractivity contribution in [2.24, 2.45) is 7.05 Å². The van der Waals surface area contributed by atoms with Gasteiger partial charge in [0.05, 0.1) is 6.20 Å². The Morgan fingerprint density at radius 2 is 2.15 bits per heavy atom. The van der Waals surface area contributed by atoms with Gasteiger partial charge in [0.15, 0.2) is 0 Å². The molecule has 2 aliphatic rings. The molecule has 0 saturated carbocycles. The second kappa shape index (κ2) is 6.97. The van der Waals surface area contributed by atoms with E-state index in [0.717, 1.165) is 25.7 Å². The Balaban J connectivity index is 1.57. The molecule has 1 amide bonds. The lowest BCUT2D eigenvalue weighted by Gasteiger charge is -2.34. The van der Waals surface area contributed by atoms with Crippen molar-refractivity contribution in [3.8, 4) is 0 Å². The van der Waals surface area contributed by atoms with Gasteiger partial charge in [-0.1, -0.05) is 32.0 Å². The van der Waals surface area contributed by atoms with E-state index in [0.29, 0.717) is 6.54 Å². The zero-order chi connectivity index (χ0) is 19.2. The lowest BCUT2D eigenvalue weighted by atomic mass is 9.86. The zero-order valence-corrected chi connectivity index (χ0v) is 17.2. The number of aryl methyl sites for hydroxylation is 3. The fraction of sp³-hybridized carbons (Fsp3) is 0.545. The highest BCUT2D eigenvalue weighted by molar-refractivity contribution is 6.27. The number of benzene rings is 1. The summed E-state index contributed by atoms with van der Waals surface area (Å²) in [6.45, 7) is 5.27. The van der Waals surface area contributed by atoms with E-state index in [2.05, 4.69) is 37.1 Å². The summed E-state index contributed by atoms with van der Waals surface area (Å²) in [7, 11) is 1.98. The molecule has 1 heterocycles. The number of aromatic nitrogens is 2. The van der Waals surface area contributed by atoms with Gasteiger partial charge in [-0.3, -0.25) is 9.48 Å². The number of nitrogens with zero attached hydrogens (tertiary/aromatic N) is 3. The van der Waals surface area contributed by atoms with E-state index in [9.17, 15) is 4.79 Å². The molecule has 1 aromatic heterocycles. The molecule has 4 nitrogen and oxygen atoms in total. The molecule has 1 atom stereocenters. The third-order valence-electron chi connectivity index (χ3n) is 6.47. The van der Waals surface area contributed by atoms with Crippen molar-refractivity contribution in [2.45, 2.75) is 64.0 Å². The Bertz CT molecular complexity index is 870. The third kappa shape index (κ3) is 3.40. The first-order valence-electron chi connectivity index (χ1n) is 9.86. The van der Waals surface area contributed by atoms with Crippen LogP contribution in [-0.4, -0.2) is 32.5 Å². The van der Waals surface area contributed by atoms with Crippen molar-refractivity contribution in [1.29, 1.82) is 0 Å². The van der Waals surface area contributed by atoms with Crippen LogP contribution >= 0.6 is 11.6 Å². The lowest BCUT2D eigenvalue weighted by Crippen LogP contribution is -2.43. The first kappa shape index (κ1) is 18.5. The van der Waals surface area contributed by atoms with Crippen LogP contribution in [0.4, 0.5) is 0 Å². The Labute approximate surface area is 166 Å². The fourth-order valence-electron chi connectivity index (χ4n) is 4.78. The van der Waals surface area contributed by atoms with E-state index in [1.54, 1.807) is 0 Å². The maximum absolute atomic E-state index is 12.7. The maximum atomic E-state index is 12.7. The van der Waals surface area contributed by atoms with Crippen LogP contribution in [0, 0.1) is 0 Å². The summed E-state index contributed by atoms with van der Waals surface area (Å²) in [6.07, 6.45) is 7.08. The summed E-state index contributed by atoms with van der Waals surface area (Å²) < 4.78 is 1.95. The monoisotopic (exact) mass is 385 g/mol. The standard InChI is InChI=1S/C22H28ClN3O/c1-22(2)9-8-16-10-15(4-7-19(16)22)14-26(21(27)12-23)18-6-5-17-13-24-25(3)20(17)11-18/h4,7,10,13,18H,5-6,8-9,11-12,14H2,1-3H3. The third-order valence-corrected chi connectivity index (χ3v) is 6.70. The minimum atomic E-state index is 0.0214. The highest BCUT2D eigenvalue weighted by atomic mass is 35.5. The van der Waals surface area contributed by atoms with Gasteiger partial charge in [0.25, 0.3) is 0 Å². The van der Waals surface area contributed by atoms with E-state index in [1.165, 1.54) is 34.4 Å². The van der Waals surface area contributed by atoms with E-state index in [4.69, 9.17) is 11.6 Å². The lowest BCUT2D eigenvalue weighted by molar-refractivity contribution is -0.131. The van der Waals surface area contributed by atoms with E-state index in [1.807, 2.05) is 22.8 Å². The number of halogens is 1. The van der Waals surface area contributed by atoms with Gasteiger partial charge < -0.3 is 4.90 Å². The smallest absolute Gasteiger partial charge is 0.238 e. The molecule has 0 saturated heterocycles. The van der Waals surface area contributed by atoms with Gasteiger partial charge in [-0.15, -0.1) is 11.6 Å². The average molecular weight is 386 g/mol. The van der Waals surface area contributed by atoms with Crippen molar-refractivity contribution < 1.29 is 4.79 Å². The molecule has 2 aromatic rings. The van der Waals surface area contributed by atoms with Gasteiger partial charge in [-0.2, -0.15) is 5.10 Å². The van der Waals surface area contributed by atoms with E-state index >= 15 is 0 Å². The number of alkyl halides is 1. The summed E-state index contributed by atoms with van der Waals surface area (Å²) in [5.41, 5.74) is 6.92. The molecule has 0 radical (unpaired) electrons. The van der Waals surface area contributed by atoms with Crippen molar-refractivity contribution in [3.63, 3.8) is 0 Å². The number of fused-ring (bicyclic) bond motifs is 2. The fourth-order valence-corrected chi connectivity index (χ4v) is 4.94. The number of rotatable bonds is 4. The van der Waals surface area contributed by atoms with Gasteiger partial charge in [-0.05, 0) is 53.4 Å². The van der Waals surface area contributed by atoms with Gasteiger partial charge in [0.2, 0.25) is 5.91 Å². The van der Waals surface area contributed by atoms with Crippen LogP contribution < -0.4 is 0 Å². The quantitative estimate of drug-likeness (QED) is 0.751. The van der Waals surface area contributed by atoms with Crippen molar-refractivity contribution in [2.75, 3.05) is 5.88 Å². The van der Waals surface area contributed by atoms with Crippen LogP contribution in [0.15, 0.2) is 24.4 Å². The second-order valence-electron chi connectivity index (χ2n) is 8.67. The molecule has 0 bridgehead atoms. The largest absolute Gasteiger partial charge is 0.334 e. The average Bonchev–Trinajstić information content (AvgIpc) is 3.18. The summed E-state index contributed by atoms with van der Waals surface area (Å²) in [4.78, 5) is 14.7. The molecular formula is C22H28ClN3O. The molecule has 2 aliphatic carbocycles. The van der Waals surface area contributed by atoms with Gasteiger partial charge in [-0.25, -0.2) is 0 Å². The van der Waals surface area contributed by atoms with Crippen LogP contribution in [0.5, 0.6) is 0 Å². The molecule has 0 aliphatic heterocycles. The summed E-state index contributed by atoms with van der Waals surface area (Å²) in [5, 5.41) is 4.38. The van der Waals surface area contributed by atoms with Crippen molar-refractivity contribution in [1.82, 2.24) is 14.7 Å². The molecule has 1 unspecified atom stereocenters. The molecule has 4 rings (SSSR count). The maximum Gasteiger partial charge on any atom is 0.238 e. The van der Waals surface area contributed by atoms with E-state index < -0.39 is 0 Å². The predicted octanol–water partition coefficient (Wildman–Crippen LogP) is 3.77. The van der Waals surface area contributed by atoms with Crippen LogP contribution in [-0.2, 0) is 43.1 Å². The first-order valence-corrected chi connectivity index (χ1v) is 10.4. The van der Waals surface area contributed by atoms with Gasteiger partial charge in [0, 0.05) is 31.7 Å².